The third-order valence-corrected chi connectivity index (χ3v) is 3.99. The number of carbonyl (C=O) groups is 2. The van der Waals surface area contributed by atoms with Crippen LogP contribution in [0.2, 0.25) is 5.02 Å². The van der Waals surface area contributed by atoms with Gasteiger partial charge in [-0.25, -0.2) is 4.79 Å². The molecule has 1 aromatic carbocycles. The molecule has 3 rings (SSSR count). The number of carbonyl (C=O) groups excluding carboxylic acids is 2. The number of pyridine rings is 1. The van der Waals surface area contributed by atoms with Crippen LogP contribution in [-0.2, 0) is 31.3 Å². The zero-order valence-corrected chi connectivity index (χ0v) is 13.6. The van der Waals surface area contributed by atoms with E-state index in [0.717, 1.165) is 5.56 Å². The van der Waals surface area contributed by atoms with E-state index in [2.05, 4.69) is 4.98 Å². The molecule has 1 unspecified atom stereocenters. The molecule has 1 aliphatic rings. The third-order valence-electron chi connectivity index (χ3n) is 3.74. The topological polar surface area (TPSA) is 65.5 Å². The van der Waals surface area contributed by atoms with Crippen molar-refractivity contribution >= 4 is 23.4 Å². The number of halogens is 1. The molecule has 2 aromatic rings. The summed E-state index contributed by atoms with van der Waals surface area (Å²) in [5.74, 6) is -1.12. The van der Waals surface area contributed by atoms with Gasteiger partial charge in [-0.2, -0.15) is 0 Å². The number of esters is 1. The van der Waals surface area contributed by atoms with Crippen LogP contribution < -0.4 is 0 Å². The van der Waals surface area contributed by atoms with E-state index < -0.39 is 11.6 Å². The van der Waals surface area contributed by atoms with Crippen molar-refractivity contribution in [1.29, 1.82) is 0 Å². The second kappa shape index (κ2) is 6.45. The summed E-state index contributed by atoms with van der Waals surface area (Å²) in [6, 6.07) is 10.2. The average Bonchev–Trinajstić information content (AvgIpc) is 2.90. The van der Waals surface area contributed by atoms with Crippen molar-refractivity contribution in [3.8, 4) is 0 Å². The van der Waals surface area contributed by atoms with Crippen LogP contribution in [0, 0.1) is 0 Å². The van der Waals surface area contributed by atoms with E-state index in [1.807, 2.05) is 0 Å². The number of hydrogen-bond donors (Lipinski definition) is 0. The first-order valence-corrected chi connectivity index (χ1v) is 7.64. The maximum Gasteiger partial charge on any atom is 0.374 e. The Morgan fingerprint density at radius 1 is 1.29 bits per heavy atom. The lowest BCUT2D eigenvalue weighted by Crippen LogP contribution is -2.30. The summed E-state index contributed by atoms with van der Waals surface area (Å²) in [6.07, 6.45) is 4.39. The summed E-state index contributed by atoms with van der Waals surface area (Å²) in [5, 5.41) is 0.553. The Labute approximate surface area is 143 Å². The SMILES string of the molecule is CC1(c2ccc(Cl)cc2)OC(C(=O)OCc2cccnc2)=CC1=O. The number of ether oxygens (including phenoxy) is 2. The fourth-order valence-corrected chi connectivity index (χ4v) is 2.46. The standard InChI is InChI=1S/C18H14ClNO4/c1-18(13-4-6-14(19)7-5-13)16(21)9-15(24-18)17(22)23-11-12-3-2-8-20-10-12/h2-10H,11H2,1H3. The molecule has 2 heterocycles. The highest BCUT2D eigenvalue weighted by molar-refractivity contribution is 6.30. The van der Waals surface area contributed by atoms with Crippen LogP contribution in [0.4, 0.5) is 0 Å². The lowest BCUT2D eigenvalue weighted by molar-refractivity contribution is -0.147. The summed E-state index contributed by atoms with van der Waals surface area (Å²) < 4.78 is 10.8. The minimum Gasteiger partial charge on any atom is -0.467 e. The first-order chi connectivity index (χ1) is 11.5. The largest absolute Gasteiger partial charge is 0.467 e. The van der Waals surface area contributed by atoms with Gasteiger partial charge in [0.25, 0.3) is 0 Å². The highest BCUT2D eigenvalue weighted by atomic mass is 35.5. The zero-order chi connectivity index (χ0) is 17.2. The average molecular weight is 344 g/mol. The third kappa shape index (κ3) is 3.16. The van der Waals surface area contributed by atoms with Crippen LogP contribution in [0.1, 0.15) is 18.1 Å². The molecule has 0 bridgehead atoms. The molecule has 1 atom stereocenters. The molecule has 0 N–H and O–H groups in total. The smallest absolute Gasteiger partial charge is 0.374 e. The van der Waals surface area contributed by atoms with Crippen LogP contribution in [0.25, 0.3) is 0 Å². The van der Waals surface area contributed by atoms with Gasteiger partial charge in [-0.05, 0) is 25.1 Å². The van der Waals surface area contributed by atoms with Crippen molar-refractivity contribution in [2.24, 2.45) is 0 Å². The molecule has 0 saturated heterocycles. The maximum absolute atomic E-state index is 12.3. The van der Waals surface area contributed by atoms with Crippen LogP contribution in [0.3, 0.4) is 0 Å². The van der Waals surface area contributed by atoms with Gasteiger partial charge in [0.2, 0.25) is 11.5 Å². The van der Waals surface area contributed by atoms with E-state index in [9.17, 15) is 9.59 Å². The van der Waals surface area contributed by atoms with Crippen LogP contribution in [0.15, 0.2) is 60.6 Å². The van der Waals surface area contributed by atoms with Gasteiger partial charge in [-0.3, -0.25) is 9.78 Å². The molecule has 0 spiro atoms. The van der Waals surface area contributed by atoms with Gasteiger partial charge in [0.1, 0.15) is 6.61 Å². The van der Waals surface area contributed by atoms with E-state index in [1.165, 1.54) is 6.08 Å². The Bertz CT molecular complexity index is 802. The first kappa shape index (κ1) is 16.2. The molecule has 122 valence electrons. The summed E-state index contributed by atoms with van der Waals surface area (Å²) in [5.41, 5.74) is 0.104. The second-order valence-electron chi connectivity index (χ2n) is 5.45. The molecule has 6 heteroatoms. The normalized spacial score (nSPS) is 19.6. The molecule has 0 radical (unpaired) electrons. The monoisotopic (exact) mass is 343 g/mol. The van der Waals surface area contributed by atoms with Gasteiger partial charge in [-0.1, -0.05) is 29.8 Å². The van der Waals surface area contributed by atoms with Gasteiger partial charge >= 0.3 is 5.97 Å². The van der Waals surface area contributed by atoms with Crippen molar-refractivity contribution in [3.05, 3.63) is 76.8 Å². The second-order valence-corrected chi connectivity index (χ2v) is 5.89. The van der Waals surface area contributed by atoms with Crippen molar-refractivity contribution in [2.45, 2.75) is 19.1 Å². The molecule has 0 amide bonds. The zero-order valence-electron chi connectivity index (χ0n) is 12.9. The molecular weight excluding hydrogens is 330 g/mol. The van der Waals surface area contributed by atoms with Gasteiger partial charge in [0.05, 0.1) is 0 Å². The summed E-state index contributed by atoms with van der Waals surface area (Å²) in [7, 11) is 0. The minimum atomic E-state index is -1.26. The van der Waals surface area contributed by atoms with Gasteiger partial charge in [-0.15, -0.1) is 0 Å². The number of hydrogen-bond acceptors (Lipinski definition) is 5. The maximum atomic E-state index is 12.3. The number of rotatable bonds is 4. The summed E-state index contributed by atoms with van der Waals surface area (Å²) in [6.45, 7) is 1.66. The molecule has 5 nitrogen and oxygen atoms in total. The fraction of sp³-hybridized carbons (Fsp3) is 0.167. The number of benzene rings is 1. The first-order valence-electron chi connectivity index (χ1n) is 7.26. The van der Waals surface area contributed by atoms with E-state index >= 15 is 0 Å². The van der Waals surface area contributed by atoms with E-state index in [0.29, 0.717) is 10.6 Å². The predicted molar refractivity (Wildman–Crippen MR) is 87.0 cm³/mol. The number of nitrogens with zero attached hydrogens (tertiary/aromatic N) is 1. The highest BCUT2D eigenvalue weighted by Crippen LogP contribution is 2.35. The lowest BCUT2D eigenvalue weighted by atomic mass is 9.92. The number of ketones is 1. The Kier molecular flexibility index (Phi) is 4.36. The van der Waals surface area contributed by atoms with Crippen LogP contribution >= 0.6 is 11.6 Å². The quantitative estimate of drug-likeness (QED) is 0.798. The van der Waals surface area contributed by atoms with E-state index in [1.54, 1.807) is 55.7 Å². The van der Waals surface area contributed by atoms with Crippen LogP contribution in [0.5, 0.6) is 0 Å². The molecular formula is C18H14ClNO4. The Balaban J connectivity index is 1.70. The highest BCUT2D eigenvalue weighted by Gasteiger charge is 2.44. The fourth-order valence-electron chi connectivity index (χ4n) is 2.33. The molecule has 0 saturated carbocycles. The van der Waals surface area contributed by atoms with Crippen molar-refractivity contribution in [2.75, 3.05) is 0 Å². The van der Waals surface area contributed by atoms with E-state index in [4.69, 9.17) is 21.1 Å². The molecule has 24 heavy (non-hydrogen) atoms. The van der Waals surface area contributed by atoms with Crippen molar-refractivity contribution in [3.63, 3.8) is 0 Å². The van der Waals surface area contributed by atoms with Crippen molar-refractivity contribution in [1.82, 2.24) is 4.98 Å². The van der Waals surface area contributed by atoms with Gasteiger partial charge in [0, 0.05) is 34.6 Å². The molecule has 0 aliphatic carbocycles. The van der Waals surface area contributed by atoms with Gasteiger partial charge < -0.3 is 9.47 Å². The Morgan fingerprint density at radius 3 is 2.71 bits per heavy atom. The Morgan fingerprint density at radius 2 is 2.04 bits per heavy atom. The molecule has 1 aliphatic heterocycles. The van der Waals surface area contributed by atoms with E-state index in [-0.39, 0.29) is 18.1 Å². The van der Waals surface area contributed by atoms with Crippen molar-refractivity contribution < 1.29 is 19.1 Å². The number of aromatic nitrogens is 1. The lowest BCUT2D eigenvalue weighted by Gasteiger charge is -2.23. The summed E-state index contributed by atoms with van der Waals surface area (Å²) >= 11 is 5.86. The molecule has 0 fully saturated rings. The predicted octanol–water partition coefficient (Wildman–Crippen LogP) is 3.18. The minimum absolute atomic E-state index is 0.0548. The van der Waals surface area contributed by atoms with Gasteiger partial charge in [0.15, 0.2) is 5.60 Å². The molecule has 1 aromatic heterocycles. The Hall–Kier alpha value is -2.66. The van der Waals surface area contributed by atoms with Crippen LogP contribution in [-0.4, -0.2) is 16.7 Å². The summed E-state index contributed by atoms with van der Waals surface area (Å²) in [4.78, 5) is 28.4.